The van der Waals surface area contributed by atoms with E-state index in [4.69, 9.17) is 4.74 Å². The lowest BCUT2D eigenvalue weighted by atomic mass is 9.96. The van der Waals surface area contributed by atoms with Crippen LogP contribution in [-0.4, -0.2) is 34.7 Å². The smallest absolute Gasteiger partial charge is 0.311 e. The summed E-state index contributed by atoms with van der Waals surface area (Å²) in [5, 5.41) is 0. The van der Waals surface area contributed by atoms with Gasteiger partial charge in [0.05, 0.1) is 11.3 Å². The second-order valence-electron chi connectivity index (χ2n) is 9.03. The zero-order valence-corrected chi connectivity index (χ0v) is 18.8. The van der Waals surface area contributed by atoms with Gasteiger partial charge in [0.1, 0.15) is 5.60 Å². The minimum atomic E-state index is -1.07. The van der Waals surface area contributed by atoms with Gasteiger partial charge in [0.2, 0.25) is 5.78 Å². The van der Waals surface area contributed by atoms with Gasteiger partial charge in [-0.15, -0.1) is 0 Å². The molecule has 0 bridgehead atoms. The number of amides is 1. The van der Waals surface area contributed by atoms with Crippen LogP contribution in [-0.2, 0) is 25.7 Å². The molecular formula is C24H24BrNO4. The predicted molar refractivity (Wildman–Crippen MR) is 116 cm³/mol. The Hall–Kier alpha value is -2.47. The van der Waals surface area contributed by atoms with E-state index in [0.717, 1.165) is 15.6 Å². The molecule has 1 saturated carbocycles. The van der Waals surface area contributed by atoms with Gasteiger partial charge >= 0.3 is 5.97 Å². The third-order valence-electron chi connectivity index (χ3n) is 5.81. The van der Waals surface area contributed by atoms with E-state index in [1.165, 1.54) is 0 Å². The van der Waals surface area contributed by atoms with Crippen molar-refractivity contribution < 1.29 is 19.1 Å². The zero-order chi connectivity index (χ0) is 21.7. The SMILES string of the molecule is CC(C)(C)OC(=O)[C@@H]1[C@@H](c2ccccc2Br)[C@]12CN(Cc1ccccc1)C(=O)C2=O. The van der Waals surface area contributed by atoms with E-state index >= 15 is 0 Å². The van der Waals surface area contributed by atoms with E-state index in [1.807, 2.05) is 54.6 Å². The topological polar surface area (TPSA) is 63.7 Å². The molecule has 2 fully saturated rings. The van der Waals surface area contributed by atoms with Crippen molar-refractivity contribution in [2.24, 2.45) is 11.3 Å². The molecule has 1 spiro atoms. The first-order valence-electron chi connectivity index (χ1n) is 10.00. The molecule has 156 valence electrons. The Morgan fingerprint density at radius 3 is 2.37 bits per heavy atom. The van der Waals surface area contributed by atoms with E-state index in [-0.39, 0.29) is 12.5 Å². The highest BCUT2D eigenvalue weighted by Crippen LogP contribution is 2.69. The normalized spacial score (nSPS) is 25.7. The minimum absolute atomic E-state index is 0.218. The molecule has 1 heterocycles. The average molecular weight is 470 g/mol. The Bertz CT molecular complexity index is 1010. The lowest BCUT2D eigenvalue weighted by molar-refractivity contribution is -0.158. The maximum Gasteiger partial charge on any atom is 0.311 e. The van der Waals surface area contributed by atoms with Crippen LogP contribution in [0.25, 0.3) is 0 Å². The Morgan fingerprint density at radius 1 is 1.10 bits per heavy atom. The van der Waals surface area contributed by atoms with Crippen molar-refractivity contribution in [2.75, 3.05) is 6.54 Å². The van der Waals surface area contributed by atoms with Crippen LogP contribution in [0.4, 0.5) is 0 Å². The molecule has 6 heteroatoms. The van der Waals surface area contributed by atoms with Gasteiger partial charge in [0, 0.05) is 23.5 Å². The van der Waals surface area contributed by atoms with E-state index in [9.17, 15) is 14.4 Å². The first-order valence-corrected chi connectivity index (χ1v) is 10.8. The monoisotopic (exact) mass is 469 g/mol. The van der Waals surface area contributed by atoms with E-state index < -0.39 is 34.6 Å². The van der Waals surface area contributed by atoms with Gasteiger partial charge < -0.3 is 9.64 Å². The van der Waals surface area contributed by atoms with Gasteiger partial charge in [-0.25, -0.2) is 0 Å². The number of carbonyl (C=O) groups is 3. The van der Waals surface area contributed by atoms with Crippen molar-refractivity contribution in [3.63, 3.8) is 0 Å². The molecule has 0 radical (unpaired) electrons. The van der Waals surface area contributed by atoms with Crippen molar-refractivity contribution >= 4 is 33.6 Å². The molecule has 2 aromatic rings. The van der Waals surface area contributed by atoms with E-state index in [0.29, 0.717) is 6.54 Å². The van der Waals surface area contributed by atoms with Gasteiger partial charge in [-0.2, -0.15) is 0 Å². The van der Waals surface area contributed by atoms with Crippen LogP contribution in [0.15, 0.2) is 59.1 Å². The fourth-order valence-corrected chi connectivity index (χ4v) is 5.08. The van der Waals surface area contributed by atoms with Crippen LogP contribution < -0.4 is 0 Å². The van der Waals surface area contributed by atoms with Crippen LogP contribution >= 0.6 is 15.9 Å². The molecule has 0 unspecified atom stereocenters. The molecule has 1 saturated heterocycles. The summed E-state index contributed by atoms with van der Waals surface area (Å²) in [6.07, 6.45) is 0. The van der Waals surface area contributed by atoms with Crippen molar-refractivity contribution in [3.8, 4) is 0 Å². The number of benzene rings is 2. The third-order valence-corrected chi connectivity index (χ3v) is 6.53. The van der Waals surface area contributed by atoms with Crippen LogP contribution in [0.1, 0.15) is 37.8 Å². The van der Waals surface area contributed by atoms with E-state index in [2.05, 4.69) is 15.9 Å². The van der Waals surface area contributed by atoms with Crippen LogP contribution in [0.3, 0.4) is 0 Å². The fourth-order valence-electron chi connectivity index (χ4n) is 4.55. The Morgan fingerprint density at radius 2 is 1.73 bits per heavy atom. The molecular weight excluding hydrogens is 446 g/mol. The summed E-state index contributed by atoms with van der Waals surface area (Å²) in [4.78, 5) is 40.8. The maximum absolute atomic E-state index is 13.3. The van der Waals surface area contributed by atoms with Gasteiger partial charge in [0.25, 0.3) is 5.91 Å². The number of ether oxygens (including phenoxy) is 1. The number of halogens is 1. The number of ketones is 1. The summed E-state index contributed by atoms with van der Waals surface area (Å²) in [7, 11) is 0. The quantitative estimate of drug-likeness (QED) is 0.499. The Kier molecular flexibility index (Phi) is 5.09. The molecule has 3 atom stereocenters. The molecule has 1 amide bonds. The van der Waals surface area contributed by atoms with Gasteiger partial charge in [-0.05, 0) is 38.0 Å². The van der Waals surface area contributed by atoms with Crippen LogP contribution in [0.5, 0.6) is 0 Å². The summed E-state index contributed by atoms with van der Waals surface area (Å²) in [5.74, 6) is -2.50. The maximum atomic E-state index is 13.3. The molecule has 2 aromatic carbocycles. The number of Topliss-reactive ketones (excluding diaryl/α,β-unsaturated/α-hetero) is 1. The first kappa shape index (κ1) is 20.8. The van der Waals surface area contributed by atoms with Gasteiger partial charge in [-0.3, -0.25) is 14.4 Å². The largest absolute Gasteiger partial charge is 0.460 e. The summed E-state index contributed by atoms with van der Waals surface area (Å²) in [5.41, 5.74) is 0.0611. The predicted octanol–water partition coefficient (Wildman–Crippen LogP) is 4.10. The van der Waals surface area contributed by atoms with Crippen LogP contribution in [0.2, 0.25) is 0 Å². The summed E-state index contributed by atoms with van der Waals surface area (Å²) < 4.78 is 6.46. The summed E-state index contributed by atoms with van der Waals surface area (Å²) >= 11 is 3.55. The molecule has 5 nitrogen and oxygen atoms in total. The van der Waals surface area contributed by atoms with E-state index in [1.54, 1.807) is 25.7 Å². The number of carbonyl (C=O) groups excluding carboxylic acids is 3. The number of rotatable bonds is 4. The summed E-state index contributed by atoms with van der Waals surface area (Å²) in [6, 6.07) is 17.1. The lowest BCUT2D eigenvalue weighted by Crippen LogP contribution is -2.28. The number of hydrogen-bond donors (Lipinski definition) is 0. The highest BCUT2D eigenvalue weighted by atomic mass is 79.9. The van der Waals surface area contributed by atoms with Crippen molar-refractivity contribution in [1.82, 2.24) is 4.90 Å². The summed E-state index contributed by atoms with van der Waals surface area (Å²) in [6.45, 7) is 5.97. The average Bonchev–Trinajstić information content (AvgIpc) is 3.28. The molecule has 0 aromatic heterocycles. The van der Waals surface area contributed by atoms with Crippen molar-refractivity contribution in [3.05, 3.63) is 70.2 Å². The highest BCUT2D eigenvalue weighted by molar-refractivity contribution is 9.10. The second-order valence-corrected chi connectivity index (χ2v) is 9.88. The lowest BCUT2D eigenvalue weighted by Gasteiger charge is -2.20. The molecule has 0 N–H and O–H groups in total. The number of hydrogen-bond acceptors (Lipinski definition) is 4. The third kappa shape index (κ3) is 3.47. The highest BCUT2D eigenvalue weighted by Gasteiger charge is 2.78. The number of likely N-dealkylation sites (tertiary alicyclic amines) is 1. The zero-order valence-electron chi connectivity index (χ0n) is 17.2. The number of nitrogens with zero attached hydrogens (tertiary/aromatic N) is 1. The molecule has 30 heavy (non-hydrogen) atoms. The minimum Gasteiger partial charge on any atom is -0.460 e. The van der Waals surface area contributed by atoms with Crippen LogP contribution in [0, 0.1) is 11.3 Å². The molecule has 1 aliphatic carbocycles. The standard InChI is InChI=1S/C24H24BrNO4/c1-23(2,3)30-22(29)19-18(16-11-7-8-12-17(16)25)24(19)14-26(21(28)20(24)27)13-15-9-5-4-6-10-15/h4-12,18-19H,13-14H2,1-3H3/t18-,19+,24-/m1/s1. The van der Waals surface area contributed by atoms with Crippen molar-refractivity contribution in [2.45, 2.75) is 38.8 Å². The van der Waals surface area contributed by atoms with Gasteiger partial charge in [-0.1, -0.05) is 64.5 Å². The first-order chi connectivity index (χ1) is 14.1. The van der Waals surface area contributed by atoms with Crippen molar-refractivity contribution in [1.29, 1.82) is 0 Å². The molecule has 4 rings (SSSR count). The second kappa shape index (κ2) is 7.34. The number of esters is 1. The Balaban J connectivity index is 1.69. The Labute approximate surface area is 184 Å². The molecule has 2 aliphatic rings. The fraction of sp³-hybridized carbons (Fsp3) is 0.375. The van der Waals surface area contributed by atoms with Gasteiger partial charge in [0.15, 0.2) is 0 Å². The molecule has 1 aliphatic heterocycles.